The number of hydrogen-bond donors (Lipinski definition) is 0. The Morgan fingerprint density at radius 1 is 1.17 bits per heavy atom. The molecule has 0 aliphatic carbocycles. The predicted octanol–water partition coefficient (Wildman–Crippen LogP) is 3.31. The second-order valence-electron chi connectivity index (χ2n) is 5.06. The van der Waals surface area contributed by atoms with Crippen LogP contribution in [0.1, 0.15) is 32.1 Å². The minimum atomic E-state index is -0.497. The maximum Gasteiger partial charge on any atom is 0.340 e. The van der Waals surface area contributed by atoms with Gasteiger partial charge in [-0.05, 0) is 43.3 Å². The van der Waals surface area contributed by atoms with E-state index in [0.717, 1.165) is 5.69 Å². The molecule has 5 nitrogen and oxygen atoms in total. The van der Waals surface area contributed by atoms with E-state index < -0.39 is 5.97 Å². The lowest BCUT2D eigenvalue weighted by Crippen LogP contribution is -2.05. The molecule has 0 fully saturated rings. The van der Waals surface area contributed by atoms with Crippen LogP contribution in [-0.2, 0) is 4.74 Å². The number of fused-ring (bicyclic) bond motifs is 1. The van der Waals surface area contributed by atoms with Gasteiger partial charge in [0.05, 0.1) is 30.2 Å². The van der Waals surface area contributed by atoms with Crippen LogP contribution >= 0.6 is 11.6 Å². The van der Waals surface area contributed by atoms with Crippen molar-refractivity contribution in [3.05, 3.63) is 70.3 Å². The van der Waals surface area contributed by atoms with Crippen molar-refractivity contribution < 1.29 is 14.3 Å². The first-order chi connectivity index (χ1) is 11.0. The molecule has 0 saturated carbocycles. The van der Waals surface area contributed by atoms with Gasteiger partial charge in [-0.25, -0.2) is 9.78 Å². The highest BCUT2D eigenvalue weighted by Gasteiger charge is 2.21. The summed E-state index contributed by atoms with van der Waals surface area (Å²) in [5.74, 6) is -0.722. The van der Waals surface area contributed by atoms with Crippen molar-refractivity contribution in [1.82, 2.24) is 9.38 Å². The van der Waals surface area contributed by atoms with Crippen LogP contribution in [0.3, 0.4) is 0 Å². The maximum absolute atomic E-state index is 12.7. The fourth-order valence-electron chi connectivity index (χ4n) is 2.39. The van der Waals surface area contributed by atoms with E-state index in [0.29, 0.717) is 27.4 Å². The summed E-state index contributed by atoms with van der Waals surface area (Å²) in [5.41, 5.74) is 2.48. The monoisotopic (exact) mass is 328 g/mol. The number of ether oxygens (including phenoxy) is 1. The van der Waals surface area contributed by atoms with Crippen LogP contribution in [0.25, 0.3) is 5.52 Å². The third-order valence-corrected chi connectivity index (χ3v) is 3.79. The molecule has 1 aromatic carbocycles. The average molecular weight is 329 g/mol. The molecule has 0 amide bonds. The summed E-state index contributed by atoms with van der Waals surface area (Å²) >= 11 is 5.85. The summed E-state index contributed by atoms with van der Waals surface area (Å²) in [7, 11) is 1.31. The van der Waals surface area contributed by atoms with Gasteiger partial charge in [-0.1, -0.05) is 11.6 Å². The van der Waals surface area contributed by atoms with Gasteiger partial charge in [0.1, 0.15) is 0 Å². The Labute approximate surface area is 137 Å². The van der Waals surface area contributed by atoms with Crippen LogP contribution in [0.5, 0.6) is 0 Å². The van der Waals surface area contributed by atoms with Crippen LogP contribution < -0.4 is 0 Å². The van der Waals surface area contributed by atoms with Crippen LogP contribution in [-0.4, -0.2) is 28.2 Å². The molecule has 0 bridgehead atoms. The summed E-state index contributed by atoms with van der Waals surface area (Å²) in [6.07, 6.45) is 1.53. The number of ketones is 1. The first kappa shape index (κ1) is 15.2. The normalized spacial score (nSPS) is 10.7. The van der Waals surface area contributed by atoms with Gasteiger partial charge in [-0.2, -0.15) is 0 Å². The topological polar surface area (TPSA) is 60.7 Å². The number of benzene rings is 1. The number of carbonyl (C=O) groups is 2. The predicted molar refractivity (Wildman–Crippen MR) is 86.2 cm³/mol. The van der Waals surface area contributed by atoms with Crippen molar-refractivity contribution >= 4 is 28.9 Å². The number of carbonyl (C=O) groups excluding carboxylic acids is 2. The summed E-state index contributed by atoms with van der Waals surface area (Å²) in [4.78, 5) is 28.9. The molecule has 0 unspecified atom stereocenters. The van der Waals surface area contributed by atoms with E-state index in [-0.39, 0.29) is 5.78 Å². The van der Waals surface area contributed by atoms with Crippen LogP contribution in [0.2, 0.25) is 5.02 Å². The van der Waals surface area contributed by atoms with Gasteiger partial charge in [0.15, 0.2) is 0 Å². The van der Waals surface area contributed by atoms with Gasteiger partial charge in [0, 0.05) is 16.3 Å². The smallest absolute Gasteiger partial charge is 0.340 e. The van der Waals surface area contributed by atoms with E-state index in [9.17, 15) is 9.59 Å². The molecule has 3 rings (SSSR count). The molecule has 0 N–H and O–H groups in total. The minimum absolute atomic E-state index is 0.225. The van der Waals surface area contributed by atoms with Gasteiger partial charge in [-0.15, -0.1) is 0 Å². The number of hydrogen-bond acceptors (Lipinski definition) is 4. The molecule has 116 valence electrons. The zero-order valence-corrected chi connectivity index (χ0v) is 13.3. The summed E-state index contributed by atoms with van der Waals surface area (Å²) in [5, 5.41) is 0.550. The molecule has 0 atom stereocenters. The van der Waals surface area contributed by atoms with Crippen LogP contribution in [0, 0.1) is 6.92 Å². The lowest BCUT2D eigenvalue weighted by atomic mass is 10.1. The quantitative estimate of drug-likeness (QED) is 0.546. The maximum atomic E-state index is 12.7. The Balaban J connectivity index is 2.19. The third-order valence-electron chi connectivity index (χ3n) is 3.54. The van der Waals surface area contributed by atoms with Crippen molar-refractivity contribution in [2.75, 3.05) is 7.11 Å². The molecule has 0 aliphatic rings. The van der Waals surface area contributed by atoms with E-state index in [1.165, 1.54) is 19.5 Å². The Morgan fingerprint density at radius 2 is 1.87 bits per heavy atom. The molecule has 2 aromatic heterocycles. The van der Waals surface area contributed by atoms with Gasteiger partial charge < -0.3 is 4.74 Å². The number of nitrogens with zero attached hydrogens (tertiary/aromatic N) is 2. The zero-order chi connectivity index (χ0) is 16.6. The minimum Gasteiger partial charge on any atom is -0.465 e. The average Bonchev–Trinajstić information content (AvgIpc) is 2.92. The van der Waals surface area contributed by atoms with Crippen molar-refractivity contribution in [3.8, 4) is 0 Å². The molecule has 0 saturated heterocycles. The fourth-order valence-corrected chi connectivity index (χ4v) is 2.52. The summed E-state index contributed by atoms with van der Waals surface area (Å²) in [6.45, 7) is 1.81. The number of esters is 1. The standard InChI is InChI=1S/C17H13ClN2O3/c1-10-7-14-13(17(22)23-2)8-15(20(14)9-19-10)16(21)11-3-5-12(18)6-4-11/h3-9H,1-2H3. The van der Waals surface area contributed by atoms with Gasteiger partial charge in [0.25, 0.3) is 0 Å². The fraction of sp³-hybridized carbons (Fsp3) is 0.118. The van der Waals surface area contributed by atoms with E-state index in [1.807, 2.05) is 6.92 Å². The molecule has 0 aliphatic heterocycles. The van der Waals surface area contributed by atoms with Crippen LogP contribution in [0.4, 0.5) is 0 Å². The highest BCUT2D eigenvalue weighted by Crippen LogP contribution is 2.21. The lowest BCUT2D eigenvalue weighted by molar-refractivity contribution is 0.0603. The SMILES string of the molecule is COC(=O)c1cc(C(=O)c2ccc(Cl)cc2)n2cnc(C)cc12. The first-order valence-corrected chi connectivity index (χ1v) is 7.25. The molecule has 6 heteroatoms. The molecule has 2 heterocycles. The molecule has 23 heavy (non-hydrogen) atoms. The van der Waals surface area contributed by atoms with Crippen LogP contribution in [0.15, 0.2) is 42.7 Å². The molecular weight excluding hydrogens is 316 g/mol. The molecular formula is C17H13ClN2O3. The van der Waals surface area contributed by atoms with E-state index in [1.54, 1.807) is 34.7 Å². The van der Waals surface area contributed by atoms with Crippen molar-refractivity contribution in [3.63, 3.8) is 0 Å². The lowest BCUT2D eigenvalue weighted by Gasteiger charge is -2.03. The van der Waals surface area contributed by atoms with Crippen molar-refractivity contribution in [2.24, 2.45) is 0 Å². The second kappa shape index (κ2) is 5.85. The Morgan fingerprint density at radius 3 is 2.52 bits per heavy atom. The molecule has 0 spiro atoms. The number of aromatic nitrogens is 2. The Bertz CT molecular complexity index is 913. The largest absolute Gasteiger partial charge is 0.465 e. The van der Waals surface area contributed by atoms with Crippen molar-refractivity contribution in [1.29, 1.82) is 0 Å². The molecule has 3 aromatic rings. The highest BCUT2D eigenvalue weighted by molar-refractivity contribution is 6.30. The van der Waals surface area contributed by atoms with E-state index in [2.05, 4.69) is 4.98 Å². The van der Waals surface area contributed by atoms with Gasteiger partial charge in [-0.3, -0.25) is 9.20 Å². The number of halogens is 1. The highest BCUT2D eigenvalue weighted by atomic mass is 35.5. The van der Waals surface area contributed by atoms with E-state index in [4.69, 9.17) is 16.3 Å². The summed E-state index contributed by atoms with van der Waals surface area (Å²) < 4.78 is 6.39. The number of rotatable bonds is 3. The Kier molecular flexibility index (Phi) is 3.88. The second-order valence-corrected chi connectivity index (χ2v) is 5.49. The van der Waals surface area contributed by atoms with Crippen molar-refractivity contribution in [2.45, 2.75) is 6.92 Å². The Hall–Kier alpha value is -2.66. The number of methoxy groups -OCH3 is 1. The number of aryl methyl sites for hydroxylation is 1. The van der Waals surface area contributed by atoms with Gasteiger partial charge in [0.2, 0.25) is 5.78 Å². The first-order valence-electron chi connectivity index (χ1n) is 6.87. The zero-order valence-electron chi connectivity index (χ0n) is 12.5. The van der Waals surface area contributed by atoms with Gasteiger partial charge >= 0.3 is 5.97 Å². The summed E-state index contributed by atoms with van der Waals surface area (Å²) in [6, 6.07) is 9.85. The van der Waals surface area contributed by atoms with E-state index >= 15 is 0 Å². The molecule has 0 radical (unpaired) electrons. The third kappa shape index (κ3) is 2.71.